The summed E-state index contributed by atoms with van der Waals surface area (Å²) in [6, 6.07) is 7.53. The van der Waals surface area contributed by atoms with E-state index in [4.69, 9.17) is 0 Å². The van der Waals surface area contributed by atoms with Crippen molar-refractivity contribution < 1.29 is 0 Å². The summed E-state index contributed by atoms with van der Waals surface area (Å²) in [5, 5.41) is 3.54. The van der Waals surface area contributed by atoms with E-state index in [1.54, 1.807) is 0 Å². The van der Waals surface area contributed by atoms with Crippen molar-refractivity contribution >= 4 is 27.7 Å². The van der Waals surface area contributed by atoms with Crippen LogP contribution in [0.15, 0.2) is 27.6 Å². The van der Waals surface area contributed by atoms with Crippen molar-refractivity contribution in [3.05, 3.63) is 28.2 Å². The van der Waals surface area contributed by atoms with Crippen LogP contribution in [-0.4, -0.2) is 11.8 Å². The molecule has 1 aromatic carbocycles. The van der Waals surface area contributed by atoms with Gasteiger partial charge in [0.25, 0.3) is 0 Å². The first-order chi connectivity index (χ1) is 8.29. The first-order valence-corrected chi connectivity index (χ1v) is 8.22. The second-order valence-electron chi connectivity index (χ2n) is 4.62. The Morgan fingerprint density at radius 1 is 1.41 bits per heavy atom. The minimum Gasteiger partial charge on any atom is -0.310 e. The molecule has 1 aromatic rings. The lowest BCUT2D eigenvalue weighted by molar-refractivity contribution is 0.687. The number of hydrogen-bond acceptors (Lipinski definition) is 2. The highest BCUT2D eigenvalue weighted by atomic mass is 79.9. The number of benzene rings is 1. The maximum atomic E-state index is 3.67. The van der Waals surface area contributed by atoms with E-state index in [0.717, 1.165) is 12.6 Å². The Bertz CT molecular complexity index is 363. The maximum Gasteiger partial charge on any atom is 0.0314 e. The summed E-state index contributed by atoms with van der Waals surface area (Å²) in [5.74, 6) is 1.22. The molecule has 1 aliphatic rings. The molecule has 0 aromatic heterocycles. The summed E-state index contributed by atoms with van der Waals surface area (Å²) in [5.41, 5.74) is 1.38. The Kier molecular flexibility index (Phi) is 5.39. The van der Waals surface area contributed by atoms with Gasteiger partial charge in [-0.1, -0.05) is 19.4 Å². The number of nitrogens with one attached hydrogen (secondary N) is 1. The Labute approximate surface area is 117 Å². The smallest absolute Gasteiger partial charge is 0.0314 e. The fourth-order valence-corrected chi connectivity index (χ4v) is 3.43. The lowest BCUT2D eigenvalue weighted by atomic mass is 10.2. The first-order valence-electron chi connectivity index (χ1n) is 6.44. The van der Waals surface area contributed by atoms with Crippen LogP contribution in [0.5, 0.6) is 0 Å². The van der Waals surface area contributed by atoms with Gasteiger partial charge in [0.05, 0.1) is 0 Å². The van der Waals surface area contributed by atoms with E-state index in [1.165, 1.54) is 46.4 Å². The minimum absolute atomic E-state index is 0.785. The molecule has 0 radical (unpaired) electrons. The zero-order valence-electron chi connectivity index (χ0n) is 10.3. The molecule has 1 saturated carbocycles. The van der Waals surface area contributed by atoms with Crippen LogP contribution in [0.4, 0.5) is 0 Å². The molecule has 0 spiro atoms. The number of hydrogen-bond donors (Lipinski definition) is 1. The van der Waals surface area contributed by atoms with Crippen LogP contribution in [0.2, 0.25) is 0 Å². The predicted molar refractivity (Wildman–Crippen MR) is 79.6 cm³/mol. The molecule has 0 saturated heterocycles. The van der Waals surface area contributed by atoms with E-state index in [1.807, 2.05) is 11.8 Å². The first kappa shape index (κ1) is 13.4. The van der Waals surface area contributed by atoms with Gasteiger partial charge in [-0.25, -0.2) is 0 Å². The molecule has 0 unspecified atom stereocenters. The molecular weight excluding hydrogens is 294 g/mol. The molecule has 17 heavy (non-hydrogen) atoms. The average molecular weight is 314 g/mol. The van der Waals surface area contributed by atoms with E-state index in [2.05, 4.69) is 46.4 Å². The monoisotopic (exact) mass is 313 g/mol. The van der Waals surface area contributed by atoms with Crippen molar-refractivity contribution in [2.75, 3.05) is 5.75 Å². The summed E-state index contributed by atoms with van der Waals surface area (Å²) in [6.45, 7) is 3.24. The van der Waals surface area contributed by atoms with Crippen molar-refractivity contribution in [2.45, 2.75) is 50.1 Å². The van der Waals surface area contributed by atoms with Gasteiger partial charge in [0.1, 0.15) is 0 Å². The summed E-state index contributed by atoms with van der Waals surface area (Å²) in [6.07, 6.45) is 5.27. The number of thioether (sulfide) groups is 1. The Hall–Kier alpha value is 0.01000. The largest absolute Gasteiger partial charge is 0.310 e. The van der Waals surface area contributed by atoms with Gasteiger partial charge in [0.15, 0.2) is 0 Å². The zero-order valence-corrected chi connectivity index (χ0v) is 12.7. The highest BCUT2D eigenvalue weighted by Gasteiger charge is 2.19. The highest BCUT2D eigenvalue weighted by Crippen LogP contribution is 2.29. The third-order valence-corrected chi connectivity index (χ3v) is 5.00. The molecule has 1 fully saturated rings. The molecule has 3 heteroatoms. The van der Waals surface area contributed by atoms with Crippen molar-refractivity contribution in [2.24, 2.45) is 0 Å². The molecule has 0 atom stereocenters. The van der Waals surface area contributed by atoms with E-state index in [-0.39, 0.29) is 0 Å². The van der Waals surface area contributed by atoms with E-state index >= 15 is 0 Å². The van der Waals surface area contributed by atoms with Gasteiger partial charge < -0.3 is 5.32 Å². The SMILES string of the molecule is CCCCSc1ccc(CNC2CC2)cc1Br. The van der Waals surface area contributed by atoms with Gasteiger partial charge >= 0.3 is 0 Å². The average Bonchev–Trinajstić information content (AvgIpc) is 3.13. The molecule has 1 nitrogen and oxygen atoms in total. The van der Waals surface area contributed by atoms with Crippen LogP contribution in [0.25, 0.3) is 0 Å². The molecule has 1 aliphatic carbocycles. The molecule has 2 rings (SSSR count). The topological polar surface area (TPSA) is 12.0 Å². The standard InChI is InChI=1S/C14H20BrNS/c1-2-3-8-17-14-7-4-11(9-13(14)15)10-16-12-5-6-12/h4,7,9,12,16H,2-3,5-6,8,10H2,1H3. The van der Waals surface area contributed by atoms with Crippen molar-refractivity contribution in [1.29, 1.82) is 0 Å². The highest BCUT2D eigenvalue weighted by molar-refractivity contribution is 9.10. The number of unbranched alkanes of at least 4 members (excludes halogenated alkanes) is 1. The molecule has 0 aliphatic heterocycles. The van der Waals surface area contributed by atoms with Gasteiger partial charge in [-0.15, -0.1) is 11.8 Å². The van der Waals surface area contributed by atoms with E-state index < -0.39 is 0 Å². The van der Waals surface area contributed by atoms with Gasteiger partial charge in [0.2, 0.25) is 0 Å². The minimum atomic E-state index is 0.785. The molecule has 0 amide bonds. The predicted octanol–water partition coefficient (Wildman–Crippen LogP) is 4.59. The molecule has 94 valence electrons. The molecule has 0 bridgehead atoms. The normalized spacial score (nSPS) is 15.2. The summed E-state index contributed by atoms with van der Waals surface area (Å²) in [4.78, 5) is 1.37. The van der Waals surface area contributed by atoms with Gasteiger partial charge in [-0.2, -0.15) is 0 Å². The van der Waals surface area contributed by atoms with E-state index in [0.29, 0.717) is 0 Å². The summed E-state index contributed by atoms with van der Waals surface area (Å²) >= 11 is 5.62. The molecule has 1 N–H and O–H groups in total. The van der Waals surface area contributed by atoms with Crippen molar-refractivity contribution in [3.8, 4) is 0 Å². The Morgan fingerprint density at radius 3 is 2.88 bits per heavy atom. The molecular formula is C14H20BrNS. The van der Waals surface area contributed by atoms with Gasteiger partial charge in [0, 0.05) is 22.0 Å². The summed E-state index contributed by atoms with van der Waals surface area (Å²) in [7, 11) is 0. The fourth-order valence-electron chi connectivity index (χ4n) is 1.65. The van der Waals surface area contributed by atoms with Gasteiger partial charge in [-0.05, 0) is 58.6 Å². The van der Waals surface area contributed by atoms with Crippen molar-refractivity contribution in [1.82, 2.24) is 5.32 Å². The lowest BCUT2D eigenvalue weighted by Crippen LogP contribution is -2.15. The second-order valence-corrected chi connectivity index (χ2v) is 6.61. The Morgan fingerprint density at radius 2 is 2.24 bits per heavy atom. The maximum absolute atomic E-state index is 3.67. The second kappa shape index (κ2) is 6.81. The lowest BCUT2D eigenvalue weighted by Gasteiger charge is -2.07. The number of halogens is 1. The van der Waals surface area contributed by atoms with Crippen LogP contribution in [0.3, 0.4) is 0 Å². The van der Waals surface area contributed by atoms with Crippen LogP contribution in [0.1, 0.15) is 38.2 Å². The van der Waals surface area contributed by atoms with Crippen LogP contribution in [-0.2, 0) is 6.54 Å². The van der Waals surface area contributed by atoms with Crippen molar-refractivity contribution in [3.63, 3.8) is 0 Å². The Balaban J connectivity index is 1.85. The molecule has 0 heterocycles. The van der Waals surface area contributed by atoms with Crippen LogP contribution < -0.4 is 5.32 Å². The van der Waals surface area contributed by atoms with Crippen LogP contribution >= 0.6 is 27.7 Å². The van der Waals surface area contributed by atoms with E-state index in [9.17, 15) is 0 Å². The third kappa shape index (κ3) is 4.65. The number of rotatable bonds is 7. The fraction of sp³-hybridized carbons (Fsp3) is 0.571. The quantitative estimate of drug-likeness (QED) is 0.583. The van der Waals surface area contributed by atoms with Crippen LogP contribution in [0, 0.1) is 0 Å². The zero-order chi connectivity index (χ0) is 12.1. The third-order valence-electron chi connectivity index (χ3n) is 2.92. The van der Waals surface area contributed by atoms with Gasteiger partial charge in [-0.3, -0.25) is 0 Å². The summed E-state index contributed by atoms with van der Waals surface area (Å²) < 4.78 is 1.24.